The summed E-state index contributed by atoms with van der Waals surface area (Å²) in [5, 5.41) is 6.70. The van der Waals surface area contributed by atoms with Crippen LogP contribution >= 0.6 is 11.6 Å². The van der Waals surface area contributed by atoms with E-state index in [0.717, 1.165) is 0 Å². The summed E-state index contributed by atoms with van der Waals surface area (Å²) in [5.74, 6) is -0.224. The molecule has 1 aromatic heterocycles. The Labute approximate surface area is 232 Å². The lowest BCUT2D eigenvalue weighted by molar-refractivity contribution is -0.132. The zero-order chi connectivity index (χ0) is 28.5. The number of nitrogens with zero attached hydrogens (tertiary/aromatic N) is 3. The van der Waals surface area contributed by atoms with E-state index in [1.165, 1.54) is 29.1 Å². The highest BCUT2D eigenvalue weighted by Crippen LogP contribution is 2.45. The molecule has 0 fully saturated rings. The Bertz CT molecular complexity index is 1410. The minimum absolute atomic E-state index is 0.0763. The van der Waals surface area contributed by atoms with Crippen molar-refractivity contribution in [2.75, 3.05) is 26.5 Å². The maximum Gasteiger partial charge on any atom is 0.419 e. The van der Waals surface area contributed by atoms with E-state index in [9.17, 15) is 14.4 Å². The van der Waals surface area contributed by atoms with Crippen LogP contribution in [0.2, 0.25) is 5.02 Å². The Morgan fingerprint density at radius 2 is 1.90 bits per heavy atom. The lowest BCUT2D eigenvalue weighted by atomic mass is 9.82. The molecule has 2 atom stereocenters. The van der Waals surface area contributed by atoms with Crippen LogP contribution in [0.5, 0.6) is 5.75 Å². The number of amides is 2. The highest BCUT2D eigenvalue weighted by Gasteiger charge is 2.52. The van der Waals surface area contributed by atoms with Crippen molar-refractivity contribution in [2.24, 2.45) is 0 Å². The van der Waals surface area contributed by atoms with E-state index in [-0.39, 0.29) is 18.2 Å². The van der Waals surface area contributed by atoms with Crippen LogP contribution < -0.4 is 15.4 Å². The molecule has 39 heavy (non-hydrogen) atoms. The largest absolute Gasteiger partial charge is 0.496 e. The standard InChI is InChI=1S/C28H32ClN5O5/c1-27(2,3)39-26(37)34-15-18(30-16-34)14-22(24(35)33(4)5)32-28(19-9-7-8-10-23(19)38-6)20-13-17(29)11-12-21(20)31-25(28)36/h7-13,15-16,22,32H,14H2,1-6H3,(H,31,36)/t22-,28?/m0/s1. The van der Waals surface area contributed by atoms with Gasteiger partial charge in [0.25, 0.3) is 5.91 Å². The summed E-state index contributed by atoms with van der Waals surface area (Å²) < 4.78 is 12.3. The molecule has 10 nitrogen and oxygen atoms in total. The number of ether oxygens (including phenoxy) is 2. The van der Waals surface area contributed by atoms with Crippen LogP contribution in [0.3, 0.4) is 0 Å². The lowest BCUT2D eigenvalue weighted by Gasteiger charge is -2.35. The van der Waals surface area contributed by atoms with Gasteiger partial charge in [-0.2, -0.15) is 0 Å². The summed E-state index contributed by atoms with van der Waals surface area (Å²) in [6, 6.07) is 11.3. The molecule has 3 aromatic rings. The number of hydrogen-bond acceptors (Lipinski definition) is 7. The number of anilines is 1. The average Bonchev–Trinajstić information content (AvgIpc) is 3.45. The molecule has 2 N–H and O–H groups in total. The van der Waals surface area contributed by atoms with E-state index in [4.69, 9.17) is 21.1 Å². The second kappa shape index (κ2) is 10.7. The predicted octanol–water partition coefficient (Wildman–Crippen LogP) is 3.81. The van der Waals surface area contributed by atoms with Crippen molar-refractivity contribution < 1.29 is 23.9 Å². The van der Waals surface area contributed by atoms with Gasteiger partial charge in [0.15, 0.2) is 5.54 Å². The highest BCUT2D eigenvalue weighted by molar-refractivity contribution is 6.31. The number of imidazole rings is 1. The van der Waals surface area contributed by atoms with Gasteiger partial charge in [-0.05, 0) is 45.0 Å². The van der Waals surface area contributed by atoms with E-state index >= 15 is 0 Å². The first-order valence-corrected chi connectivity index (χ1v) is 12.7. The number of fused-ring (bicyclic) bond motifs is 1. The second-order valence-electron chi connectivity index (χ2n) is 10.5. The van der Waals surface area contributed by atoms with E-state index in [0.29, 0.717) is 33.3 Å². The number of methoxy groups -OCH3 is 1. The quantitative estimate of drug-likeness (QED) is 0.457. The SMILES string of the molecule is COc1ccccc1C1(N[C@@H](Cc2cn(C(=O)OC(C)(C)C)cn2)C(=O)N(C)C)C(=O)Nc2ccc(Cl)cc21. The summed E-state index contributed by atoms with van der Waals surface area (Å²) in [6.45, 7) is 5.31. The minimum atomic E-state index is -1.52. The molecule has 2 aromatic carbocycles. The number of carbonyl (C=O) groups excluding carboxylic acids is 3. The van der Waals surface area contributed by atoms with Crippen molar-refractivity contribution >= 4 is 35.2 Å². The monoisotopic (exact) mass is 553 g/mol. The number of carbonyl (C=O) groups is 3. The molecule has 206 valence electrons. The van der Waals surface area contributed by atoms with Crippen molar-refractivity contribution in [1.29, 1.82) is 0 Å². The smallest absolute Gasteiger partial charge is 0.419 e. The number of benzene rings is 2. The number of nitrogens with one attached hydrogen (secondary N) is 2. The average molecular weight is 554 g/mol. The zero-order valence-corrected chi connectivity index (χ0v) is 23.5. The predicted molar refractivity (Wildman–Crippen MR) is 147 cm³/mol. The van der Waals surface area contributed by atoms with Gasteiger partial charge in [-0.1, -0.05) is 29.8 Å². The van der Waals surface area contributed by atoms with E-state index < -0.39 is 23.3 Å². The number of halogens is 1. The number of para-hydroxylation sites is 1. The fourth-order valence-corrected chi connectivity index (χ4v) is 4.75. The molecule has 2 heterocycles. The summed E-state index contributed by atoms with van der Waals surface area (Å²) in [4.78, 5) is 45.7. The molecule has 0 spiro atoms. The molecule has 0 saturated carbocycles. The van der Waals surface area contributed by atoms with Gasteiger partial charge in [-0.25, -0.2) is 14.3 Å². The fourth-order valence-electron chi connectivity index (χ4n) is 4.58. The Morgan fingerprint density at radius 1 is 1.18 bits per heavy atom. The Balaban J connectivity index is 1.80. The van der Waals surface area contributed by atoms with Gasteiger partial charge in [0.1, 0.15) is 17.7 Å². The molecular weight excluding hydrogens is 522 g/mol. The summed E-state index contributed by atoms with van der Waals surface area (Å²) in [7, 11) is 4.78. The maximum absolute atomic E-state index is 13.9. The van der Waals surface area contributed by atoms with Crippen molar-refractivity contribution in [2.45, 2.75) is 44.4 Å². The first-order valence-electron chi connectivity index (χ1n) is 12.4. The van der Waals surface area contributed by atoms with Crippen LogP contribution in [0.1, 0.15) is 37.6 Å². The summed E-state index contributed by atoms with van der Waals surface area (Å²) in [5.41, 5.74) is -0.113. The third kappa shape index (κ3) is 5.62. The Hall–Kier alpha value is -3.89. The van der Waals surface area contributed by atoms with E-state index in [1.54, 1.807) is 77.3 Å². The van der Waals surface area contributed by atoms with Crippen molar-refractivity contribution in [3.8, 4) is 5.75 Å². The highest BCUT2D eigenvalue weighted by atomic mass is 35.5. The van der Waals surface area contributed by atoms with Gasteiger partial charge in [0.05, 0.1) is 18.8 Å². The van der Waals surface area contributed by atoms with Gasteiger partial charge >= 0.3 is 6.09 Å². The fraction of sp³-hybridized carbons (Fsp3) is 0.357. The third-order valence-electron chi connectivity index (χ3n) is 6.27. The molecule has 0 saturated heterocycles. The normalized spacial score (nSPS) is 17.3. The number of hydrogen-bond donors (Lipinski definition) is 2. The Kier molecular flexibility index (Phi) is 7.72. The van der Waals surface area contributed by atoms with E-state index in [1.807, 2.05) is 0 Å². The molecule has 0 radical (unpaired) electrons. The molecule has 2 amide bonds. The van der Waals surface area contributed by atoms with Gasteiger partial charge in [-0.3, -0.25) is 14.9 Å². The number of rotatable bonds is 7. The molecule has 1 aliphatic rings. The number of aromatic nitrogens is 2. The van der Waals surface area contributed by atoms with Gasteiger partial charge in [-0.15, -0.1) is 0 Å². The van der Waals surface area contributed by atoms with Crippen LogP contribution in [-0.4, -0.2) is 65.2 Å². The van der Waals surface area contributed by atoms with E-state index in [2.05, 4.69) is 15.6 Å². The lowest BCUT2D eigenvalue weighted by Crippen LogP contribution is -2.58. The molecule has 1 unspecified atom stereocenters. The zero-order valence-electron chi connectivity index (χ0n) is 22.7. The van der Waals surface area contributed by atoms with Crippen LogP contribution in [0, 0.1) is 0 Å². The molecular formula is C28H32ClN5O5. The number of likely N-dealkylation sites (N-methyl/N-ethyl adjacent to an activating group) is 1. The Morgan fingerprint density at radius 3 is 2.56 bits per heavy atom. The molecule has 0 aliphatic carbocycles. The van der Waals surface area contributed by atoms with Crippen molar-refractivity contribution in [1.82, 2.24) is 19.8 Å². The molecule has 1 aliphatic heterocycles. The van der Waals surface area contributed by atoms with Crippen molar-refractivity contribution in [3.63, 3.8) is 0 Å². The van der Waals surface area contributed by atoms with Gasteiger partial charge in [0, 0.05) is 48.5 Å². The van der Waals surface area contributed by atoms with Crippen molar-refractivity contribution in [3.05, 3.63) is 76.8 Å². The summed E-state index contributed by atoms with van der Waals surface area (Å²) in [6.07, 6.45) is 2.34. The van der Waals surface area contributed by atoms with Gasteiger partial charge in [0.2, 0.25) is 5.91 Å². The second-order valence-corrected chi connectivity index (χ2v) is 10.9. The van der Waals surface area contributed by atoms with Crippen LogP contribution in [0.4, 0.5) is 10.5 Å². The third-order valence-corrected chi connectivity index (χ3v) is 6.50. The maximum atomic E-state index is 13.9. The molecule has 11 heteroatoms. The first kappa shape index (κ1) is 28.1. The summed E-state index contributed by atoms with van der Waals surface area (Å²) >= 11 is 6.39. The van der Waals surface area contributed by atoms with Crippen LogP contribution in [-0.2, 0) is 26.3 Å². The minimum Gasteiger partial charge on any atom is -0.496 e. The molecule has 4 rings (SSSR count). The van der Waals surface area contributed by atoms with Gasteiger partial charge < -0.3 is 19.7 Å². The topological polar surface area (TPSA) is 115 Å². The molecule has 0 bridgehead atoms. The van der Waals surface area contributed by atoms with Crippen LogP contribution in [0.15, 0.2) is 55.0 Å². The first-order chi connectivity index (χ1) is 18.4. The van der Waals surface area contributed by atoms with Crippen LogP contribution in [0.25, 0.3) is 0 Å².